The van der Waals surface area contributed by atoms with E-state index in [-0.39, 0.29) is 6.03 Å². The summed E-state index contributed by atoms with van der Waals surface area (Å²) < 4.78 is 4.68. The second-order valence-corrected chi connectivity index (χ2v) is 6.14. The molecule has 1 aliphatic heterocycles. The number of ether oxygens (including phenoxy) is 1. The molecule has 2 rings (SSSR count). The van der Waals surface area contributed by atoms with E-state index in [2.05, 4.69) is 28.8 Å². The first kappa shape index (κ1) is 17.6. The van der Waals surface area contributed by atoms with E-state index in [1.165, 1.54) is 13.2 Å². The van der Waals surface area contributed by atoms with Crippen LogP contribution in [0.15, 0.2) is 18.2 Å². The minimum Gasteiger partial charge on any atom is -0.465 e. The van der Waals surface area contributed by atoms with Crippen molar-refractivity contribution in [2.24, 2.45) is 0 Å². The number of nitrogens with one attached hydrogen (secondary N) is 1. The van der Waals surface area contributed by atoms with E-state index < -0.39 is 5.97 Å². The van der Waals surface area contributed by atoms with Crippen LogP contribution in [-0.2, 0) is 4.74 Å². The predicted molar refractivity (Wildman–Crippen MR) is 90.1 cm³/mol. The number of hydrogen-bond donors (Lipinski definition) is 1. The Morgan fingerprint density at radius 3 is 2.43 bits per heavy atom. The number of hydrogen-bond acceptors (Lipinski definition) is 4. The fourth-order valence-electron chi connectivity index (χ4n) is 2.50. The summed E-state index contributed by atoms with van der Waals surface area (Å²) in [7, 11) is 1.31. The van der Waals surface area contributed by atoms with Crippen molar-refractivity contribution in [1.82, 2.24) is 9.80 Å². The maximum absolute atomic E-state index is 12.4. The molecule has 2 amide bonds. The van der Waals surface area contributed by atoms with Crippen LogP contribution in [0.3, 0.4) is 0 Å². The number of rotatable bonds is 3. The summed E-state index contributed by atoms with van der Waals surface area (Å²) in [5.41, 5.74) is 0.752. The fourth-order valence-corrected chi connectivity index (χ4v) is 2.67. The van der Waals surface area contributed by atoms with Gasteiger partial charge in [0.1, 0.15) is 0 Å². The van der Waals surface area contributed by atoms with Gasteiger partial charge in [0.25, 0.3) is 0 Å². The first-order chi connectivity index (χ1) is 10.9. The first-order valence-corrected chi connectivity index (χ1v) is 7.98. The zero-order valence-electron chi connectivity index (χ0n) is 13.6. The number of urea groups is 1. The molecule has 0 radical (unpaired) electrons. The Morgan fingerprint density at radius 2 is 1.87 bits per heavy atom. The van der Waals surface area contributed by atoms with Gasteiger partial charge in [-0.15, -0.1) is 0 Å². The van der Waals surface area contributed by atoms with E-state index in [0.29, 0.717) is 35.4 Å². The van der Waals surface area contributed by atoms with E-state index in [1.807, 2.05) is 0 Å². The lowest BCUT2D eigenvalue weighted by Crippen LogP contribution is -2.51. The molecule has 1 saturated heterocycles. The Hall–Kier alpha value is -1.79. The second-order valence-electron chi connectivity index (χ2n) is 5.73. The van der Waals surface area contributed by atoms with E-state index in [1.54, 1.807) is 17.0 Å². The van der Waals surface area contributed by atoms with Crippen molar-refractivity contribution in [2.75, 3.05) is 38.6 Å². The van der Waals surface area contributed by atoms with Gasteiger partial charge in [-0.25, -0.2) is 9.59 Å². The molecule has 126 valence electrons. The maximum atomic E-state index is 12.4. The molecule has 1 heterocycles. The van der Waals surface area contributed by atoms with Gasteiger partial charge in [-0.3, -0.25) is 4.90 Å². The Labute approximate surface area is 141 Å². The van der Waals surface area contributed by atoms with Crippen LogP contribution in [0.4, 0.5) is 10.5 Å². The van der Waals surface area contributed by atoms with Crippen LogP contribution in [0.2, 0.25) is 5.02 Å². The molecule has 0 bridgehead atoms. The molecule has 1 N–H and O–H groups in total. The molecule has 6 nitrogen and oxygen atoms in total. The number of carbonyl (C=O) groups is 2. The van der Waals surface area contributed by atoms with E-state index in [9.17, 15) is 9.59 Å². The van der Waals surface area contributed by atoms with Crippen molar-refractivity contribution >= 4 is 29.3 Å². The molecule has 0 aromatic heterocycles. The number of carbonyl (C=O) groups excluding carboxylic acids is 2. The predicted octanol–water partition coefficient (Wildman–Crippen LogP) is 2.68. The van der Waals surface area contributed by atoms with Crippen molar-refractivity contribution in [2.45, 2.75) is 19.9 Å². The van der Waals surface area contributed by atoms with E-state index in [0.717, 1.165) is 13.1 Å². The smallest absolute Gasteiger partial charge is 0.337 e. The molecular weight excluding hydrogens is 318 g/mol. The molecule has 0 spiro atoms. The molecule has 7 heteroatoms. The molecule has 0 saturated carbocycles. The number of anilines is 1. The Kier molecular flexibility index (Phi) is 5.85. The summed E-state index contributed by atoms with van der Waals surface area (Å²) in [5.74, 6) is -0.470. The van der Waals surface area contributed by atoms with Crippen LogP contribution in [0.1, 0.15) is 24.2 Å². The third-order valence-electron chi connectivity index (χ3n) is 3.96. The number of benzene rings is 1. The van der Waals surface area contributed by atoms with Crippen molar-refractivity contribution in [3.63, 3.8) is 0 Å². The molecule has 0 unspecified atom stereocenters. The van der Waals surface area contributed by atoms with Gasteiger partial charge in [-0.2, -0.15) is 0 Å². The average molecular weight is 340 g/mol. The largest absolute Gasteiger partial charge is 0.465 e. The summed E-state index contributed by atoms with van der Waals surface area (Å²) in [5, 5.41) is 3.15. The third kappa shape index (κ3) is 4.36. The quantitative estimate of drug-likeness (QED) is 0.860. The van der Waals surface area contributed by atoms with Gasteiger partial charge in [0.05, 0.1) is 23.4 Å². The molecule has 0 aliphatic carbocycles. The third-order valence-corrected chi connectivity index (χ3v) is 4.29. The van der Waals surface area contributed by atoms with Gasteiger partial charge in [0, 0.05) is 32.2 Å². The molecule has 0 atom stereocenters. The van der Waals surface area contributed by atoms with Crippen LogP contribution in [0, 0.1) is 0 Å². The minimum atomic E-state index is -0.470. The monoisotopic (exact) mass is 339 g/mol. The zero-order valence-corrected chi connectivity index (χ0v) is 14.4. The number of halogens is 1. The highest BCUT2D eigenvalue weighted by Crippen LogP contribution is 2.24. The van der Waals surface area contributed by atoms with Gasteiger partial charge in [-0.1, -0.05) is 11.6 Å². The highest BCUT2D eigenvalue weighted by atomic mass is 35.5. The minimum absolute atomic E-state index is 0.211. The van der Waals surface area contributed by atoms with Crippen molar-refractivity contribution < 1.29 is 14.3 Å². The molecule has 1 aromatic rings. The summed E-state index contributed by atoms with van der Waals surface area (Å²) in [4.78, 5) is 28.0. The van der Waals surface area contributed by atoms with Crippen molar-refractivity contribution in [3.8, 4) is 0 Å². The second kappa shape index (κ2) is 7.66. The number of piperazine rings is 1. The van der Waals surface area contributed by atoms with Crippen LogP contribution >= 0.6 is 11.6 Å². The highest BCUT2D eigenvalue weighted by Gasteiger charge is 2.23. The van der Waals surface area contributed by atoms with Gasteiger partial charge in [0.15, 0.2) is 0 Å². The lowest BCUT2D eigenvalue weighted by molar-refractivity contribution is 0.0600. The SMILES string of the molecule is COC(=O)c1ccc(Cl)c(NC(=O)N2CCN(C(C)C)CC2)c1. The number of methoxy groups -OCH3 is 1. The molecule has 1 aliphatic rings. The molecule has 23 heavy (non-hydrogen) atoms. The van der Waals surface area contributed by atoms with Crippen LogP contribution in [0.5, 0.6) is 0 Å². The fraction of sp³-hybridized carbons (Fsp3) is 0.500. The number of nitrogens with zero attached hydrogens (tertiary/aromatic N) is 2. The summed E-state index contributed by atoms with van der Waals surface area (Å²) >= 11 is 6.10. The number of esters is 1. The van der Waals surface area contributed by atoms with E-state index >= 15 is 0 Å². The molecule has 1 fully saturated rings. The maximum Gasteiger partial charge on any atom is 0.337 e. The summed E-state index contributed by atoms with van der Waals surface area (Å²) in [6, 6.07) is 4.92. The van der Waals surface area contributed by atoms with E-state index in [4.69, 9.17) is 11.6 Å². The van der Waals surface area contributed by atoms with Crippen molar-refractivity contribution in [3.05, 3.63) is 28.8 Å². The van der Waals surface area contributed by atoms with Gasteiger partial charge < -0.3 is 15.0 Å². The van der Waals surface area contributed by atoms with Crippen LogP contribution < -0.4 is 5.32 Å². The summed E-state index contributed by atoms with van der Waals surface area (Å²) in [6.07, 6.45) is 0. The van der Waals surface area contributed by atoms with Crippen LogP contribution in [0.25, 0.3) is 0 Å². The van der Waals surface area contributed by atoms with Crippen LogP contribution in [-0.4, -0.2) is 61.1 Å². The normalized spacial score (nSPS) is 15.6. The standard InChI is InChI=1S/C16H22ClN3O3/c1-11(2)19-6-8-20(9-7-19)16(22)18-14-10-12(15(21)23-3)4-5-13(14)17/h4-5,10-11H,6-9H2,1-3H3,(H,18,22). The van der Waals surface area contributed by atoms with Gasteiger partial charge in [-0.05, 0) is 32.0 Å². The lowest BCUT2D eigenvalue weighted by Gasteiger charge is -2.36. The lowest BCUT2D eigenvalue weighted by atomic mass is 10.2. The molecule has 1 aromatic carbocycles. The van der Waals surface area contributed by atoms with Gasteiger partial charge in [0.2, 0.25) is 0 Å². The zero-order chi connectivity index (χ0) is 17.0. The Morgan fingerprint density at radius 1 is 1.22 bits per heavy atom. The number of amides is 2. The summed E-state index contributed by atoms with van der Waals surface area (Å²) in [6.45, 7) is 7.32. The van der Waals surface area contributed by atoms with Crippen molar-refractivity contribution in [1.29, 1.82) is 0 Å². The Bertz CT molecular complexity index is 584. The Balaban J connectivity index is 2.02. The van der Waals surface area contributed by atoms with Gasteiger partial charge >= 0.3 is 12.0 Å². The topological polar surface area (TPSA) is 61.9 Å². The first-order valence-electron chi connectivity index (χ1n) is 7.60. The highest BCUT2D eigenvalue weighted by molar-refractivity contribution is 6.33. The average Bonchev–Trinajstić information content (AvgIpc) is 2.56. The molecular formula is C16H22ClN3O3.